The van der Waals surface area contributed by atoms with Gasteiger partial charge in [-0.2, -0.15) is 0 Å². The Morgan fingerprint density at radius 1 is 1.64 bits per heavy atom. The van der Waals surface area contributed by atoms with E-state index in [1.807, 2.05) is 19.2 Å². The summed E-state index contributed by atoms with van der Waals surface area (Å²) in [5, 5.41) is 12.5. The highest BCUT2D eigenvalue weighted by Crippen LogP contribution is 2.14. The molecule has 2 heteroatoms. The quantitative estimate of drug-likeness (QED) is 0.625. The van der Waals surface area contributed by atoms with E-state index in [2.05, 4.69) is 17.5 Å². The van der Waals surface area contributed by atoms with Gasteiger partial charge < -0.3 is 10.4 Å². The Hall–Kier alpha value is -0.600. The summed E-state index contributed by atoms with van der Waals surface area (Å²) in [5.41, 5.74) is 0. The third-order valence-corrected chi connectivity index (χ3v) is 1.92. The molecule has 0 aromatic carbocycles. The molecular weight excluding hydrogens is 138 g/mol. The zero-order chi connectivity index (χ0) is 8.10. The molecule has 2 atom stereocenters. The Kier molecular flexibility index (Phi) is 3.33. The maximum Gasteiger partial charge on any atom is 0.0730 e. The third-order valence-electron chi connectivity index (χ3n) is 1.92. The lowest BCUT2D eigenvalue weighted by Gasteiger charge is -2.19. The van der Waals surface area contributed by atoms with Gasteiger partial charge in [-0.1, -0.05) is 24.3 Å². The van der Waals surface area contributed by atoms with Crippen LogP contribution in [0.1, 0.15) is 6.42 Å². The molecule has 1 aliphatic rings. The van der Waals surface area contributed by atoms with Crippen molar-refractivity contribution < 1.29 is 5.11 Å². The number of rotatable bonds is 3. The highest BCUT2D eigenvalue weighted by molar-refractivity contribution is 5.12. The second-order valence-corrected chi connectivity index (χ2v) is 2.84. The second-order valence-electron chi connectivity index (χ2n) is 2.84. The van der Waals surface area contributed by atoms with Gasteiger partial charge in [0.15, 0.2) is 0 Å². The average Bonchev–Trinajstić information content (AvgIpc) is 2.07. The standard InChI is InChI=1S/C9H15NO/c1-10-7-9(11)8-5-3-2-4-6-8/h2-5,8-11H,6-7H2,1H3/t8?,9-/m1/s1. The van der Waals surface area contributed by atoms with Crippen LogP contribution in [0.15, 0.2) is 24.3 Å². The zero-order valence-electron chi connectivity index (χ0n) is 6.83. The van der Waals surface area contributed by atoms with Crippen molar-refractivity contribution in [3.63, 3.8) is 0 Å². The predicted molar refractivity (Wildman–Crippen MR) is 46.3 cm³/mol. The SMILES string of the molecule is CNC[C@@H](O)C1C=CC=CC1. The molecule has 2 nitrogen and oxygen atoms in total. The van der Waals surface area contributed by atoms with E-state index in [0.29, 0.717) is 12.5 Å². The fourth-order valence-electron chi connectivity index (χ4n) is 1.25. The van der Waals surface area contributed by atoms with Gasteiger partial charge in [-0.3, -0.25) is 0 Å². The number of aliphatic hydroxyl groups excluding tert-OH is 1. The molecule has 0 amide bonds. The van der Waals surface area contributed by atoms with Crippen LogP contribution in [-0.4, -0.2) is 24.8 Å². The molecule has 0 fully saturated rings. The van der Waals surface area contributed by atoms with E-state index in [0.717, 1.165) is 6.42 Å². The lowest BCUT2D eigenvalue weighted by atomic mass is 9.95. The van der Waals surface area contributed by atoms with Crippen LogP contribution in [0, 0.1) is 5.92 Å². The Morgan fingerprint density at radius 3 is 3.00 bits per heavy atom. The largest absolute Gasteiger partial charge is 0.391 e. The smallest absolute Gasteiger partial charge is 0.0730 e. The first kappa shape index (κ1) is 8.50. The Balaban J connectivity index is 2.35. The van der Waals surface area contributed by atoms with Crippen LogP contribution in [0.25, 0.3) is 0 Å². The van der Waals surface area contributed by atoms with Crippen molar-refractivity contribution >= 4 is 0 Å². The van der Waals surface area contributed by atoms with Crippen molar-refractivity contribution in [1.29, 1.82) is 0 Å². The Bertz CT molecular complexity index is 163. The minimum absolute atomic E-state index is 0.249. The first-order valence-electron chi connectivity index (χ1n) is 4.00. The first-order valence-corrected chi connectivity index (χ1v) is 4.00. The Labute approximate surface area is 67.6 Å². The topological polar surface area (TPSA) is 32.3 Å². The molecule has 0 spiro atoms. The number of allylic oxidation sites excluding steroid dienone is 3. The van der Waals surface area contributed by atoms with E-state index in [-0.39, 0.29) is 6.10 Å². The van der Waals surface area contributed by atoms with E-state index in [1.165, 1.54) is 0 Å². The van der Waals surface area contributed by atoms with E-state index >= 15 is 0 Å². The lowest BCUT2D eigenvalue weighted by molar-refractivity contribution is 0.131. The molecule has 62 valence electrons. The predicted octanol–water partition coefficient (Wildman–Crippen LogP) is 0.699. The highest BCUT2D eigenvalue weighted by atomic mass is 16.3. The zero-order valence-corrected chi connectivity index (χ0v) is 6.83. The van der Waals surface area contributed by atoms with Gasteiger partial charge in [0.2, 0.25) is 0 Å². The van der Waals surface area contributed by atoms with Gasteiger partial charge in [0.05, 0.1) is 6.10 Å². The van der Waals surface area contributed by atoms with Crippen LogP contribution >= 0.6 is 0 Å². The summed E-state index contributed by atoms with van der Waals surface area (Å²) in [4.78, 5) is 0. The summed E-state index contributed by atoms with van der Waals surface area (Å²) >= 11 is 0. The average molecular weight is 153 g/mol. The van der Waals surface area contributed by atoms with Gasteiger partial charge in [-0.05, 0) is 13.5 Å². The van der Waals surface area contributed by atoms with Crippen LogP contribution in [0.4, 0.5) is 0 Å². The number of nitrogens with one attached hydrogen (secondary N) is 1. The molecular formula is C9H15NO. The molecule has 0 aliphatic heterocycles. The number of likely N-dealkylation sites (N-methyl/N-ethyl adjacent to an activating group) is 1. The van der Waals surface area contributed by atoms with Gasteiger partial charge in [0.1, 0.15) is 0 Å². The van der Waals surface area contributed by atoms with Crippen molar-refractivity contribution in [2.75, 3.05) is 13.6 Å². The fourth-order valence-corrected chi connectivity index (χ4v) is 1.25. The molecule has 2 N–H and O–H groups in total. The fraction of sp³-hybridized carbons (Fsp3) is 0.556. The van der Waals surface area contributed by atoms with Crippen molar-refractivity contribution in [1.82, 2.24) is 5.32 Å². The molecule has 0 radical (unpaired) electrons. The van der Waals surface area contributed by atoms with E-state index < -0.39 is 0 Å². The summed E-state index contributed by atoms with van der Waals surface area (Å²) < 4.78 is 0. The maximum absolute atomic E-state index is 9.53. The molecule has 0 saturated heterocycles. The van der Waals surface area contributed by atoms with Crippen molar-refractivity contribution in [3.05, 3.63) is 24.3 Å². The van der Waals surface area contributed by atoms with Crippen LogP contribution < -0.4 is 5.32 Å². The van der Waals surface area contributed by atoms with Crippen molar-refractivity contribution in [3.8, 4) is 0 Å². The number of hydrogen-bond acceptors (Lipinski definition) is 2. The molecule has 11 heavy (non-hydrogen) atoms. The molecule has 0 aromatic rings. The van der Waals surface area contributed by atoms with Crippen LogP contribution in [0.5, 0.6) is 0 Å². The molecule has 0 heterocycles. The molecule has 1 rings (SSSR count). The summed E-state index contributed by atoms with van der Waals surface area (Å²) in [7, 11) is 1.85. The van der Waals surface area contributed by atoms with Gasteiger partial charge >= 0.3 is 0 Å². The molecule has 1 aliphatic carbocycles. The van der Waals surface area contributed by atoms with Gasteiger partial charge in [-0.15, -0.1) is 0 Å². The van der Waals surface area contributed by atoms with Crippen LogP contribution in [0.3, 0.4) is 0 Å². The minimum Gasteiger partial charge on any atom is -0.391 e. The minimum atomic E-state index is -0.249. The monoisotopic (exact) mass is 153 g/mol. The lowest BCUT2D eigenvalue weighted by Crippen LogP contribution is -2.30. The van der Waals surface area contributed by atoms with Crippen LogP contribution in [-0.2, 0) is 0 Å². The van der Waals surface area contributed by atoms with Gasteiger partial charge in [0.25, 0.3) is 0 Å². The Morgan fingerprint density at radius 2 is 2.45 bits per heavy atom. The third kappa shape index (κ3) is 2.48. The summed E-state index contributed by atoms with van der Waals surface area (Å²) in [6.45, 7) is 0.669. The summed E-state index contributed by atoms with van der Waals surface area (Å²) in [5.74, 6) is 0.299. The van der Waals surface area contributed by atoms with E-state index in [9.17, 15) is 5.11 Å². The number of hydrogen-bond donors (Lipinski definition) is 2. The maximum atomic E-state index is 9.53. The highest BCUT2D eigenvalue weighted by Gasteiger charge is 2.14. The summed E-state index contributed by atoms with van der Waals surface area (Å²) in [6, 6.07) is 0. The molecule has 0 bridgehead atoms. The normalized spacial score (nSPS) is 25.5. The van der Waals surface area contributed by atoms with Crippen molar-refractivity contribution in [2.45, 2.75) is 12.5 Å². The van der Waals surface area contributed by atoms with E-state index in [4.69, 9.17) is 0 Å². The van der Waals surface area contributed by atoms with Crippen molar-refractivity contribution in [2.24, 2.45) is 5.92 Å². The molecule has 1 unspecified atom stereocenters. The molecule has 0 aromatic heterocycles. The van der Waals surface area contributed by atoms with Crippen LogP contribution in [0.2, 0.25) is 0 Å². The van der Waals surface area contributed by atoms with Gasteiger partial charge in [-0.25, -0.2) is 0 Å². The van der Waals surface area contributed by atoms with Gasteiger partial charge in [0, 0.05) is 12.5 Å². The number of aliphatic hydroxyl groups is 1. The first-order chi connectivity index (χ1) is 5.34. The second kappa shape index (κ2) is 4.31. The summed E-state index contributed by atoms with van der Waals surface area (Å²) in [6.07, 6.45) is 8.86. The van der Waals surface area contributed by atoms with E-state index in [1.54, 1.807) is 0 Å². The molecule has 0 saturated carbocycles.